The number of halogens is 3. The number of alkyl halides is 3. The van der Waals surface area contributed by atoms with Crippen molar-refractivity contribution in [1.29, 1.82) is 0 Å². The van der Waals surface area contributed by atoms with Crippen LogP contribution in [0.1, 0.15) is 45.0 Å². The maximum absolute atomic E-state index is 13.3. The van der Waals surface area contributed by atoms with Gasteiger partial charge >= 0.3 is 6.18 Å². The largest absolute Gasteiger partial charge is 0.454 e. The molecule has 0 aromatic carbocycles. The van der Waals surface area contributed by atoms with Crippen LogP contribution in [-0.2, 0) is 20.4 Å². The van der Waals surface area contributed by atoms with Crippen molar-refractivity contribution in [2.45, 2.75) is 69.9 Å². The number of ether oxygens (including phenoxy) is 3. The number of pyridine rings is 1. The monoisotopic (exact) mass is 549 g/mol. The van der Waals surface area contributed by atoms with Gasteiger partial charge in [-0.25, -0.2) is 9.97 Å². The Morgan fingerprint density at radius 3 is 2.72 bits per heavy atom. The van der Waals surface area contributed by atoms with Crippen molar-refractivity contribution in [3.05, 3.63) is 29.7 Å². The Morgan fingerprint density at radius 2 is 2.00 bits per heavy atom. The molecule has 10 nitrogen and oxygen atoms in total. The standard InChI is InChI=1S/C26H30F3N5O5/c1-5-36-9-8-30-22-32-13(2)19(16-10-14-11-18(26(27,28)29)31-12-17(14)37-16)21(33-22)34-24-7-6-15-20(35)25(15,24)39-23(3,4)38-24/h10-12,15,20,35H,5-9H2,1-4H3,(H2,30,32,33,34). The molecule has 1 saturated heterocycles. The Hall–Kier alpha value is -3.00. The van der Waals surface area contributed by atoms with E-state index in [1.165, 1.54) is 6.07 Å². The molecule has 0 bridgehead atoms. The van der Waals surface area contributed by atoms with E-state index in [0.29, 0.717) is 55.6 Å². The minimum Gasteiger partial charge on any atom is -0.454 e. The van der Waals surface area contributed by atoms with Crippen LogP contribution in [0.4, 0.5) is 24.9 Å². The van der Waals surface area contributed by atoms with E-state index < -0.39 is 35.1 Å². The van der Waals surface area contributed by atoms with Gasteiger partial charge in [0.15, 0.2) is 22.7 Å². The number of fused-ring (bicyclic) bond motifs is 1. The van der Waals surface area contributed by atoms with Crippen molar-refractivity contribution in [2.24, 2.45) is 5.92 Å². The highest BCUT2D eigenvalue weighted by molar-refractivity contribution is 5.86. The van der Waals surface area contributed by atoms with E-state index in [9.17, 15) is 18.3 Å². The highest BCUT2D eigenvalue weighted by Crippen LogP contribution is 2.70. The maximum Gasteiger partial charge on any atom is 0.433 e. The van der Waals surface area contributed by atoms with Crippen LogP contribution in [-0.4, -0.2) is 63.0 Å². The van der Waals surface area contributed by atoms with Gasteiger partial charge < -0.3 is 34.4 Å². The Morgan fingerprint density at radius 1 is 1.21 bits per heavy atom. The molecule has 1 aliphatic heterocycles. The molecule has 0 radical (unpaired) electrons. The lowest BCUT2D eigenvalue weighted by Crippen LogP contribution is -2.50. The number of hydrogen-bond donors (Lipinski definition) is 3. The normalized spacial score (nSPS) is 28.9. The average Bonchev–Trinajstić information content (AvgIpc) is 3.14. The number of anilines is 2. The summed E-state index contributed by atoms with van der Waals surface area (Å²) >= 11 is 0. The smallest absolute Gasteiger partial charge is 0.433 e. The number of rotatable bonds is 8. The third-order valence-corrected chi connectivity index (χ3v) is 7.62. The zero-order chi connectivity index (χ0) is 27.8. The van der Waals surface area contributed by atoms with Crippen molar-refractivity contribution in [3.8, 4) is 11.3 Å². The third kappa shape index (κ3) is 4.14. The van der Waals surface area contributed by atoms with Gasteiger partial charge in [-0.15, -0.1) is 0 Å². The van der Waals surface area contributed by atoms with Crippen LogP contribution < -0.4 is 10.6 Å². The predicted octanol–water partition coefficient (Wildman–Crippen LogP) is 4.47. The van der Waals surface area contributed by atoms with Gasteiger partial charge in [0.25, 0.3) is 0 Å². The number of nitrogens with one attached hydrogen (secondary N) is 2. The fraction of sp³-hybridized carbons (Fsp3) is 0.577. The highest BCUT2D eigenvalue weighted by Gasteiger charge is 2.85. The van der Waals surface area contributed by atoms with Crippen LogP contribution >= 0.6 is 0 Å². The molecule has 39 heavy (non-hydrogen) atoms. The van der Waals surface area contributed by atoms with E-state index in [-0.39, 0.29) is 22.6 Å². The molecule has 2 saturated carbocycles. The van der Waals surface area contributed by atoms with Crippen molar-refractivity contribution >= 4 is 22.7 Å². The molecule has 1 spiro atoms. The molecule has 13 heteroatoms. The first-order valence-electron chi connectivity index (χ1n) is 12.9. The molecule has 2 aliphatic carbocycles. The minimum atomic E-state index is -4.59. The Balaban J connectivity index is 1.43. The predicted molar refractivity (Wildman–Crippen MR) is 134 cm³/mol. The van der Waals surface area contributed by atoms with E-state index in [0.717, 1.165) is 12.3 Å². The average molecular weight is 550 g/mol. The van der Waals surface area contributed by atoms with Crippen molar-refractivity contribution in [3.63, 3.8) is 0 Å². The summed E-state index contributed by atoms with van der Waals surface area (Å²) in [5.74, 6) is -0.111. The summed E-state index contributed by atoms with van der Waals surface area (Å²) < 4.78 is 63.8. The molecular weight excluding hydrogens is 519 g/mol. The molecule has 3 N–H and O–H groups in total. The molecule has 3 aliphatic rings. The van der Waals surface area contributed by atoms with Gasteiger partial charge in [0.05, 0.1) is 30.2 Å². The fourth-order valence-electron chi connectivity index (χ4n) is 6.09. The quantitative estimate of drug-likeness (QED) is 0.347. The third-order valence-electron chi connectivity index (χ3n) is 7.62. The van der Waals surface area contributed by atoms with Crippen molar-refractivity contribution in [1.82, 2.24) is 15.0 Å². The molecular formula is C26H30F3N5O5. The summed E-state index contributed by atoms with van der Waals surface area (Å²) in [7, 11) is 0. The van der Waals surface area contributed by atoms with E-state index in [2.05, 4.69) is 20.6 Å². The summed E-state index contributed by atoms with van der Waals surface area (Å²) in [6, 6.07) is 2.46. The summed E-state index contributed by atoms with van der Waals surface area (Å²) in [5.41, 5.74) is -1.86. The molecule has 6 rings (SSSR count). The number of aromatic nitrogens is 3. The molecule has 3 aromatic heterocycles. The number of nitrogens with zero attached hydrogens (tertiary/aromatic N) is 3. The molecule has 0 amide bonds. The van der Waals surface area contributed by atoms with Gasteiger partial charge in [-0.1, -0.05) is 0 Å². The first-order valence-corrected chi connectivity index (χ1v) is 12.9. The van der Waals surface area contributed by atoms with E-state index >= 15 is 0 Å². The Bertz CT molecular complexity index is 1430. The summed E-state index contributed by atoms with van der Waals surface area (Å²) in [4.78, 5) is 12.8. The van der Waals surface area contributed by atoms with Crippen LogP contribution in [0, 0.1) is 12.8 Å². The zero-order valence-electron chi connectivity index (χ0n) is 22.0. The van der Waals surface area contributed by atoms with Gasteiger partial charge in [-0.05, 0) is 52.7 Å². The second kappa shape index (κ2) is 8.75. The summed E-state index contributed by atoms with van der Waals surface area (Å²) in [6.45, 7) is 8.74. The molecule has 3 aromatic rings. The molecule has 210 valence electrons. The Kier molecular flexibility index (Phi) is 5.89. The topological polar surface area (TPSA) is 124 Å². The van der Waals surface area contributed by atoms with Crippen LogP contribution in [0.5, 0.6) is 0 Å². The van der Waals surface area contributed by atoms with Gasteiger partial charge in [0, 0.05) is 24.5 Å². The number of aliphatic hydroxyl groups excluding tert-OH is 1. The number of furan rings is 1. The van der Waals surface area contributed by atoms with E-state index in [1.807, 2.05) is 6.92 Å². The summed E-state index contributed by atoms with van der Waals surface area (Å²) in [6.07, 6.45) is -2.97. The second-order valence-electron chi connectivity index (χ2n) is 10.6. The SMILES string of the molecule is CCOCCNc1nc(C)c(-c2cc3cc(C(F)(F)F)ncc3o2)c(NC23CCC4C(O)C42OC(C)(C)O3)n1. The number of aliphatic hydroxyl groups is 1. The molecule has 4 heterocycles. The van der Waals surface area contributed by atoms with Gasteiger partial charge in [-0.3, -0.25) is 0 Å². The van der Waals surface area contributed by atoms with Crippen LogP contribution in [0.3, 0.4) is 0 Å². The van der Waals surface area contributed by atoms with Crippen molar-refractivity contribution in [2.75, 3.05) is 30.4 Å². The lowest BCUT2D eigenvalue weighted by Gasteiger charge is -2.33. The Labute approximate surface area is 222 Å². The van der Waals surface area contributed by atoms with Gasteiger partial charge in [-0.2, -0.15) is 18.2 Å². The van der Waals surface area contributed by atoms with Gasteiger partial charge in [0.1, 0.15) is 17.3 Å². The first kappa shape index (κ1) is 26.2. The highest BCUT2D eigenvalue weighted by atomic mass is 19.4. The maximum atomic E-state index is 13.3. The second-order valence-corrected chi connectivity index (χ2v) is 10.6. The lowest BCUT2D eigenvalue weighted by atomic mass is 10.0. The van der Waals surface area contributed by atoms with E-state index in [1.54, 1.807) is 20.8 Å². The van der Waals surface area contributed by atoms with Crippen molar-refractivity contribution < 1.29 is 36.9 Å². The molecule has 4 unspecified atom stereocenters. The van der Waals surface area contributed by atoms with E-state index in [4.69, 9.17) is 23.6 Å². The van der Waals surface area contributed by atoms with Gasteiger partial charge in [0.2, 0.25) is 5.95 Å². The van der Waals surface area contributed by atoms with Crippen LogP contribution in [0.15, 0.2) is 22.7 Å². The molecule has 3 fully saturated rings. The number of hydrogen-bond acceptors (Lipinski definition) is 10. The fourth-order valence-corrected chi connectivity index (χ4v) is 6.09. The summed E-state index contributed by atoms with van der Waals surface area (Å²) in [5, 5.41) is 17.6. The molecule has 4 atom stereocenters. The van der Waals surface area contributed by atoms with Crippen LogP contribution in [0.2, 0.25) is 0 Å². The zero-order valence-corrected chi connectivity index (χ0v) is 22.0. The number of aryl methyl sites for hydroxylation is 1. The lowest BCUT2D eigenvalue weighted by molar-refractivity contribution is -0.166. The van der Waals surface area contributed by atoms with Crippen LogP contribution in [0.25, 0.3) is 22.3 Å². The first-order chi connectivity index (χ1) is 18.4. The minimum absolute atomic E-state index is 0.0833.